The molecule has 4 aromatic rings. The molecule has 0 fully saturated rings. The van der Waals surface area contributed by atoms with Gasteiger partial charge in [-0.2, -0.15) is 0 Å². The highest BCUT2D eigenvalue weighted by Crippen LogP contribution is 2.15. The van der Waals surface area contributed by atoms with Crippen molar-refractivity contribution in [2.75, 3.05) is 0 Å². The minimum Gasteiger partial charge on any atom is -0.350 e. The molecule has 0 atom stereocenters. The Morgan fingerprint density at radius 1 is 1.00 bits per heavy atom. The monoisotopic (exact) mass is 490 g/mol. The van der Waals surface area contributed by atoms with Crippen molar-refractivity contribution in [3.05, 3.63) is 80.5 Å². The molecule has 2 amide bonds. The van der Waals surface area contributed by atoms with E-state index in [-0.39, 0.29) is 47.2 Å². The van der Waals surface area contributed by atoms with Crippen LogP contribution in [0.15, 0.2) is 58.1 Å². The van der Waals surface area contributed by atoms with Crippen molar-refractivity contribution < 1.29 is 9.59 Å². The van der Waals surface area contributed by atoms with Crippen molar-refractivity contribution >= 4 is 28.5 Å². The smallest absolute Gasteiger partial charge is 0.350 e. The van der Waals surface area contributed by atoms with Gasteiger partial charge in [-0.3, -0.25) is 19.0 Å². The summed E-state index contributed by atoms with van der Waals surface area (Å²) in [6.07, 6.45) is 0. The Bertz CT molecular complexity index is 1550. The molecule has 0 radical (unpaired) electrons. The number of hydrogen-bond acceptors (Lipinski definition) is 5. The van der Waals surface area contributed by atoms with E-state index in [1.165, 1.54) is 15.0 Å². The van der Waals surface area contributed by atoms with Crippen molar-refractivity contribution in [3.8, 4) is 0 Å². The van der Waals surface area contributed by atoms with E-state index in [0.717, 1.165) is 10.2 Å². The van der Waals surface area contributed by atoms with E-state index >= 15 is 0 Å². The normalized spacial score (nSPS) is 11.5. The molecule has 0 bridgehead atoms. The maximum Gasteiger partial charge on any atom is 0.352 e. The number of carbonyl (C=O) groups is 2. The van der Waals surface area contributed by atoms with Gasteiger partial charge in [0.1, 0.15) is 6.54 Å². The maximum atomic E-state index is 13.4. The van der Waals surface area contributed by atoms with E-state index in [9.17, 15) is 19.2 Å². The van der Waals surface area contributed by atoms with Crippen LogP contribution < -0.4 is 21.9 Å². The number of amides is 2. The molecule has 0 unspecified atom stereocenters. The summed E-state index contributed by atoms with van der Waals surface area (Å²) in [7, 11) is 0. The van der Waals surface area contributed by atoms with Crippen molar-refractivity contribution in [2.45, 2.75) is 53.4 Å². The molecule has 4 rings (SSSR count). The third-order valence-electron chi connectivity index (χ3n) is 5.63. The Hall–Kier alpha value is -4.21. The second-order valence-corrected chi connectivity index (χ2v) is 9.51. The quantitative estimate of drug-likeness (QED) is 0.391. The number of carbonyl (C=O) groups excluding carboxylic acids is 2. The number of nitrogens with one attached hydrogen (secondary N) is 2. The van der Waals surface area contributed by atoms with Gasteiger partial charge in [-0.05, 0) is 43.5 Å². The zero-order valence-electron chi connectivity index (χ0n) is 20.8. The van der Waals surface area contributed by atoms with Gasteiger partial charge in [0.05, 0.1) is 10.9 Å². The van der Waals surface area contributed by atoms with Crippen molar-refractivity contribution in [1.29, 1.82) is 0 Å². The fourth-order valence-corrected chi connectivity index (χ4v) is 4.02. The Morgan fingerprint density at radius 2 is 1.72 bits per heavy atom. The zero-order valence-corrected chi connectivity index (χ0v) is 20.8. The molecule has 0 spiro atoms. The van der Waals surface area contributed by atoms with Crippen LogP contribution in [0.5, 0.6) is 0 Å². The van der Waals surface area contributed by atoms with Gasteiger partial charge < -0.3 is 10.6 Å². The summed E-state index contributed by atoms with van der Waals surface area (Å²) in [6, 6.07) is 14.0. The van der Waals surface area contributed by atoms with Crippen LogP contribution in [-0.4, -0.2) is 36.6 Å². The van der Waals surface area contributed by atoms with E-state index in [4.69, 9.17) is 0 Å². The summed E-state index contributed by atoms with van der Waals surface area (Å²) in [4.78, 5) is 52.0. The second-order valence-electron chi connectivity index (χ2n) is 9.51. The molecule has 188 valence electrons. The van der Waals surface area contributed by atoms with Gasteiger partial charge in [0.25, 0.3) is 11.5 Å². The summed E-state index contributed by atoms with van der Waals surface area (Å²) < 4.78 is 3.79. The highest BCUT2D eigenvalue weighted by atomic mass is 16.2. The number of benzene rings is 2. The lowest BCUT2D eigenvalue weighted by atomic mass is 10.1. The van der Waals surface area contributed by atoms with E-state index in [1.54, 1.807) is 12.1 Å². The molecule has 0 saturated carbocycles. The Morgan fingerprint density at radius 3 is 2.39 bits per heavy atom. The van der Waals surface area contributed by atoms with Gasteiger partial charge in [0.2, 0.25) is 11.7 Å². The molecule has 10 heteroatoms. The van der Waals surface area contributed by atoms with E-state index in [1.807, 2.05) is 58.0 Å². The number of nitrogens with zero attached hydrogens (tertiary/aromatic N) is 4. The maximum absolute atomic E-state index is 13.4. The lowest BCUT2D eigenvalue weighted by molar-refractivity contribution is -0.122. The predicted octanol–water partition coefficient (Wildman–Crippen LogP) is 1.92. The predicted molar refractivity (Wildman–Crippen MR) is 137 cm³/mol. The number of rotatable bonds is 8. The van der Waals surface area contributed by atoms with Crippen LogP contribution in [0, 0.1) is 5.92 Å². The third kappa shape index (κ3) is 5.07. The molecule has 2 N–H and O–H groups in total. The van der Waals surface area contributed by atoms with Crippen molar-refractivity contribution in [2.24, 2.45) is 5.92 Å². The fourth-order valence-electron chi connectivity index (χ4n) is 4.02. The summed E-state index contributed by atoms with van der Waals surface area (Å²) >= 11 is 0. The molecule has 2 heterocycles. The molecule has 10 nitrogen and oxygen atoms in total. The first-order valence-corrected chi connectivity index (χ1v) is 11.9. The Labute approximate surface area is 207 Å². The highest BCUT2D eigenvalue weighted by Gasteiger charge is 2.20. The minimum absolute atomic E-state index is 0.0767. The molecule has 0 aliphatic heterocycles. The van der Waals surface area contributed by atoms with Crippen LogP contribution in [0.1, 0.15) is 43.6 Å². The number of fused-ring (bicyclic) bond motifs is 3. The number of aromatic nitrogens is 4. The van der Waals surface area contributed by atoms with Gasteiger partial charge in [-0.1, -0.05) is 44.2 Å². The van der Waals surface area contributed by atoms with Gasteiger partial charge in [-0.25, -0.2) is 13.9 Å². The zero-order chi connectivity index (χ0) is 26.0. The van der Waals surface area contributed by atoms with Crippen molar-refractivity contribution in [3.63, 3.8) is 0 Å². The van der Waals surface area contributed by atoms with Crippen LogP contribution in [0.3, 0.4) is 0 Å². The largest absolute Gasteiger partial charge is 0.352 e. The molecular weight excluding hydrogens is 460 g/mol. The molecule has 0 saturated heterocycles. The van der Waals surface area contributed by atoms with Crippen LogP contribution in [0.25, 0.3) is 16.7 Å². The summed E-state index contributed by atoms with van der Waals surface area (Å²) in [5.74, 6) is -0.464. The molecule has 36 heavy (non-hydrogen) atoms. The van der Waals surface area contributed by atoms with Crippen molar-refractivity contribution in [1.82, 2.24) is 29.4 Å². The van der Waals surface area contributed by atoms with Gasteiger partial charge >= 0.3 is 5.69 Å². The van der Waals surface area contributed by atoms with Crippen LogP contribution >= 0.6 is 0 Å². The average Bonchev–Trinajstić information content (AvgIpc) is 3.16. The van der Waals surface area contributed by atoms with E-state index in [0.29, 0.717) is 24.0 Å². The Balaban J connectivity index is 1.80. The van der Waals surface area contributed by atoms with E-state index < -0.39 is 5.69 Å². The lowest BCUT2D eigenvalue weighted by Crippen LogP contribution is -2.33. The van der Waals surface area contributed by atoms with Crippen LogP contribution in [-0.2, 0) is 24.4 Å². The Kier molecular flexibility index (Phi) is 7.05. The average molecular weight is 491 g/mol. The second kappa shape index (κ2) is 10.2. The summed E-state index contributed by atoms with van der Waals surface area (Å²) in [5, 5.41) is 10.3. The van der Waals surface area contributed by atoms with Gasteiger partial charge in [0.15, 0.2) is 0 Å². The molecule has 0 aliphatic carbocycles. The minimum atomic E-state index is -0.566. The first-order valence-electron chi connectivity index (χ1n) is 11.9. The van der Waals surface area contributed by atoms with Gasteiger partial charge in [-0.15, -0.1) is 5.10 Å². The molecule has 2 aromatic carbocycles. The fraction of sp³-hybridized carbons (Fsp3) is 0.346. The van der Waals surface area contributed by atoms with Gasteiger partial charge in [0, 0.05) is 24.7 Å². The first kappa shape index (κ1) is 24.9. The van der Waals surface area contributed by atoms with E-state index in [2.05, 4.69) is 15.7 Å². The standard InChI is InChI=1S/C26H30N6O4/c1-16(2)14-30-24(35)20-11-10-19(23(34)28-17(3)4)12-21(20)32-25(30)29-31(26(32)36)15-22(33)27-13-18-8-6-5-7-9-18/h5-12,16-17H,13-15H2,1-4H3,(H,27,33)(H,28,34). The number of hydrogen-bond donors (Lipinski definition) is 2. The van der Waals surface area contributed by atoms with Crippen LogP contribution in [0.2, 0.25) is 0 Å². The molecule has 0 aliphatic rings. The topological polar surface area (TPSA) is 120 Å². The highest BCUT2D eigenvalue weighted by molar-refractivity contribution is 5.98. The molecule has 2 aromatic heterocycles. The molecular formula is C26H30N6O4. The lowest BCUT2D eigenvalue weighted by Gasteiger charge is -2.13. The third-order valence-corrected chi connectivity index (χ3v) is 5.63. The van der Waals surface area contributed by atoms with Crippen LogP contribution in [0.4, 0.5) is 0 Å². The SMILES string of the molecule is CC(C)Cn1c(=O)c2ccc(C(=O)NC(C)C)cc2n2c(=O)n(CC(=O)NCc3ccccc3)nc12. The summed E-state index contributed by atoms with van der Waals surface area (Å²) in [6.45, 7) is 7.95. The first-order chi connectivity index (χ1) is 17.2. The summed E-state index contributed by atoms with van der Waals surface area (Å²) in [5.41, 5.74) is 0.639.